The third kappa shape index (κ3) is 5.06. The Labute approximate surface area is 166 Å². The maximum Gasteiger partial charge on any atom is 0.387 e. The molecular weight excluding hydrogens is 386 g/mol. The van der Waals surface area contributed by atoms with E-state index in [1.807, 2.05) is 24.3 Å². The van der Waals surface area contributed by atoms with E-state index in [2.05, 4.69) is 15.0 Å². The summed E-state index contributed by atoms with van der Waals surface area (Å²) in [5.74, 6) is -0.524. The Morgan fingerprint density at radius 3 is 2.86 bits per heavy atom. The lowest BCUT2D eigenvalue weighted by Gasteiger charge is -2.24. The van der Waals surface area contributed by atoms with Crippen LogP contribution in [0.1, 0.15) is 38.5 Å². The molecule has 5 nitrogen and oxygen atoms in total. The van der Waals surface area contributed by atoms with E-state index in [1.54, 1.807) is 6.92 Å². The van der Waals surface area contributed by atoms with Crippen LogP contribution in [0.15, 0.2) is 30.3 Å². The van der Waals surface area contributed by atoms with Gasteiger partial charge in [-0.2, -0.15) is 8.78 Å². The fourth-order valence-corrected chi connectivity index (χ4v) is 4.36. The zero-order valence-electron chi connectivity index (χ0n) is 15.7. The Morgan fingerprint density at radius 2 is 2.14 bits per heavy atom. The van der Waals surface area contributed by atoms with Crippen molar-refractivity contribution in [3.05, 3.63) is 51.2 Å². The molecule has 8 heteroatoms. The highest BCUT2D eigenvalue weighted by Gasteiger charge is 2.24. The van der Waals surface area contributed by atoms with Crippen LogP contribution in [0.2, 0.25) is 0 Å². The maximum absolute atomic E-state index is 12.6. The summed E-state index contributed by atoms with van der Waals surface area (Å²) in [5, 5.41) is 12.3. The average Bonchev–Trinajstić information content (AvgIpc) is 3.26. The van der Waals surface area contributed by atoms with Crippen molar-refractivity contribution in [2.24, 2.45) is 0 Å². The van der Waals surface area contributed by atoms with Gasteiger partial charge in [-0.05, 0) is 43.5 Å². The van der Waals surface area contributed by atoms with Gasteiger partial charge < -0.3 is 15.2 Å². The Morgan fingerprint density at radius 1 is 1.39 bits per heavy atom. The number of aliphatic hydroxyl groups is 1. The number of hydrogen-bond donors (Lipinski definition) is 2. The van der Waals surface area contributed by atoms with E-state index in [9.17, 15) is 18.7 Å². The van der Waals surface area contributed by atoms with Gasteiger partial charge in [-0.1, -0.05) is 24.3 Å². The molecule has 3 rings (SSSR count). The first-order chi connectivity index (χ1) is 13.5. The molecule has 1 aromatic heterocycles. The van der Waals surface area contributed by atoms with Gasteiger partial charge in [0.15, 0.2) is 0 Å². The quantitative estimate of drug-likeness (QED) is 0.699. The van der Waals surface area contributed by atoms with Crippen LogP contribution in [0.4, 0.5) is 8.78 Å². The van der Waals surface area contributed by atoms with Crippen LogP contribution >= 0.6 is 11.3 Å². The SMILES string of the molecule is Cc1cc(OC(F)F)c(C(=O)NCc2ccccc2CN2CCCC2CO)s1. The predicted molar refractivity (Wildman–Crippen MR) is 104 cm³/mol. The number of ether oxygens (including phenoxy) is 1. The van der Waals surface area contributed by atoms with Crippen molar-refractivity contribution in [2.45, 2.75) is 45.5 Å². The first-order valence-corrected chi connectivity index (χ1v) is 10.0. The lowest BCUT2D eigenvalue weighted by molar-refractivity contribution is -0.0498. The van der Waals surface area contributed by atoms with E-state index in [4.69, 9.17) is 0 Å². The number of benzene rings is 1. The second-order valence-electron chi connectivity index (χ2n) is 6.83. The minimum Gasteiger partial charge on any atom is -0.433 e. The number of likely N-dealkylation sites (tertiary alicyclic amines) is 1. The third-order valence-corrected chi connectivity index (χ3v) is 5.92. The van der Waals surface area contributed by atoms with Gasteiger partial charge in [0.25, 0.3) is 5.91 Å². The molecule has 0 spiro atoms. The smallest absolute Gasteiger partial charge is 0.387 e. The molecular formula is C20H24F2N2O3S. The molecule has 1 aliphatic heterocycles. The number of aliphatic hydroxyl groups excluding tert-OH is 1. The molecule has 1 aromatic carbocycles. The molecule has 2 aromatic rings. The standard InChI is InChI=1S/C20H24F2N2O3S/c1-13-9-17(27-20(21)22)18(28-13)19(26)23-10-14-5-2-3-6-15(14)11-24-8-4-7-16(24)12-25/h2-3,5-6,9,16,20,25H,4,7-8,10-12H2,1H3,(H,23,26). The predicted octanol–water partition coefficient (Wildman–Crippen LogP) is 3.54. The Hall–Kier alpha value is -2.03. The van der Waals surface area contributed by atoms with Crippen molar-refractivity contribution in [3.63, 3.8) is 0 Å². The Kier molecular flexibility index (Phi) is 6.98. The van der Waals surface area contributed by atoms with Gasteiger partial charge in [-0.25, -0.2) is 0 Å². The lowest BCUT2D eigenvalue weighted by Crippen LogP contribution is -2.32. The molecule has 0 saturated carbocycles. The van der Waals surface area contributed by atoms with Gasteiger partial charge in [0.05, 0.1) is 6.61 Å². The lowest BCUT2D eigenvalue weighted by atomic mass is 10.1. The highest BCUT2D eigenvalue weighted by molar-refractivity contribution is 7.14. The number of aryl methyl sites for hydroxylation is 1. The molecule has 0 radical (unpaired) electrons. The zero-order chi connectivity index (χ0) is 20.1. The average molecular weight is 410 g/mol. The van der Waals surface area contributed by atoms with E-state index < -0.39 is 12.5 Å². The van der Waals surface area contributed by atoms with Gasteiger partial charge >= 0.3 is 6.61 Å². The van der Waals surface area contributed by atoms with E-state index in [0.717, 1.165) is 46.7 Å². The summed E-state index contributed by atoms with van der Waals surface area (Å²) in [4.78, 5) is 15.6. The van der Waals surface area contributed by atoms with Crippen molar-refractivity contribution in [2.75, 3.05) is 13.2 Å². The highest BCUT2D eigenvalue weighted by atomic mass is 32.1. The largest absolute Gasteiger partial charge is 0.433 e. The summed E-state index contributed by atoms with van der Waals surface area (Å²) in [7, 11) is 0. The second-order valence-corrected chi connectivity index (χ2v) is 8.09. The molecule has 1 saturated heterocycles. The monoisotopic (exact) mass is 410 g/mol. The van der Waals surface area contributed by atoms with Crippen molar-refractivity contribution in [1.29, 1.82) is 0 Å². The van der Waals surface area contributed by atoms with Gasteiger partial charge in [-0.3, -0.25) is 9.69 Å². The number of rotatable bonds is 8. The summed E-state index contributed by atoms with van der Waals surface area (Å²) < 4.78 is 29.6. The van der Waals surface area contributed by atoms with Crippen molar-refractivity contribution in [3.8, 4) is 5.75 Å². The van der Waals surface area contributed by atoms with Crippen LogP contribution in [0.3, 0.4) is 0 Å². The summed E-state index contributed by atoms with van der Waals surface area (Å²) in [6, 6.07) is 9.42. The van der Waals surface area contributed by atoms with E-state index in [-0.39, 0.29) is 29.8 Å². The number of thiophene rings is 1. The molecule has 1 unspecified atom stereocenters. The number of halogens is 2. The van der Waals surface area contributed by atoms with Crippen LogP contribution in [-0.2, 0) is 13.1 Å². The Balaban J connectivity index is 1.67. The third-order valence-electron chi connectivity index (χ3n) is 4.88. The molecule has 2 N–H and O–H groups in total. The number of hydrogen-bond acceptors (Lipinski definition) is 5. The van der Waals surface area contributed by atoms with Crippen LogP contribution < -0.4 is 10.1 Å². The van der Waals surface area contributed by atoms with E-state index >= 15 is 0 Å². The van der Waals surface area contributed by atoms with Crippen LogP contribution in [0.25, 0.3) is 0 Å². The summed E-state index contributed by atoms with van der Waals surface area (Å²) >= 11 is 1.13. The van der Waals surface area contributed by atoms with E-state index in [1.165, 1.54) is 6.07 Å². The molecule has 0 bridgehead atoms. The van der Waals surface area contributed by atoms with Crippen LogP contribution in [-0.4, -0.2) is 41.7 Å². The van der Waals surface area contributed by atoms with Crippen LogP contribution in [0, 0.1) is 6.92 Å². The minimum absolute atomic E-state index is 0.0915. The normalized spacial score (nSPS) is 17.2. The molecule has 1 aliphatic rings. The fourth-order valence-electron chi connectivity index (χ4n) is 3.50. The number of nitrogens with zero attached hydrogens (tertiary/aromatic N) is 1. The summed E-state index contributed by atoms with van der Waals surface area (Å²) in [5.41, 5.74) is 2.04. The summed E-state index contributed by atoms with van der Waals surface area (Å²) in [6.45, 7) is 0.842. The fraction of sp³-hybridized carbons (Fsp3) is 0.450. The maximum atomic E-state index is 12.6. The van der Waals surface area contributed by atoms with E-state index in [0.29, 0.717) is 6.54 Å². The molecule has 0 aliphatic carbocycles. The molecule has 2 heterocycles. The van der Waals surface area contributed by atoms with Crippen molar-refractivity contribution < 1.29 is 23.4 Å². The number of carbonyl (C=O) groups is 1. The van der Waals surface area contributed by atoms with Crippen molar-refractivity contribution in [1.82, 2.24) is 10.2 Å². The first kappa shape index (κ1) is 20.7. The van der Waals surface area contributed by atoms with Gasteiger partial charge in [0, 0.05) is 24.0 Å². The summed E-state index contributed by atoms with van der Waals surface area (Å²) in [6.07, 6.45) is 2.05. The van der Waals surface area contributed by atoms with Crippen LogP contribution in [0.5, 0.6) is 5.75 Å². The van der Waals surface area contributed by atoms with Gasteiger partial charge in [-0.15, -0.1) is 11.3 Å². The van der Waals surface area contributed by atoms with Gasteiger partial charge in [0.1, 0.15) is 10.6 Å². The number of amides is 1. The molecule has 1 atom stereocenters. The topological polar surface area (TPSA) is 61.8 Å². The molecule has 1 amide bonds. The molecule has 152 valence electrons. The number of nitrogens with one attached hydrogen (secondary N) is 1. The minimum atomic E-state index is -2.97. The number of alkyl halides is 2. The highest BCUT2D eigenvalue weighted by Crippen LogP contribution is 2.30. The van der Waals surface area contributed by atoms with Gasteiger partial charge in [0.2, 0.25) is 0 Å². The first-order valence-electron chi connectivity index (χ1n) is 9.23. The van der Waals surface area contributed by atoms with Crippen molar-refractivity contribution >= 4 is 17.2 Å². The molecule has 28 heavy (non-hydrogen) atoms. The molecule has 1 fully saturated rings. The second kappa shape index (κ2) is 9.45. The zero-order valence-corrected chi connectivity index (χ0v) is 16.5. The Bertz CT molecular complexity index is 812. The number of carbonyl (C=O) groups excluding carboxylic acids is 1.